The molecular formula is C19H22BrNOS. The minimum atomic E-state index is 0.00334. The zero-order valence-electron chi connectivity index (χ0n) is 13.8. The molecule has 1 heterocycles. The van der Waals surface area contributed by atoms with Crippen molar-refractivity contribution < 1.29 is 4.79 Å². The largest absolute Gasteiger partial charge is 0.321 e. The Kier molecular flexibility index (Phi) is 4.65. The van der Waals surface area contributed by atoms with Crippen LogP contribution in [0, 0.1) is 11.3 Å². The molecule has 0 spiro atoms. The van der Waals surface area contributed by atoms with Crippen molar-refractivity contribution in [3.63, 3.8) is 0 Å². The fourth-order valence-corrected chi connectivity index (χ4v) is 4.74. The van der Waals surface area contributed by atoms with E-state index in [0.717, 1.165) is 28.6 Å². The number of hydrogen-bond donors (Lipinski definition) is 1. The average Bonchev–Trinajstić information content (AvgIpc) is 2.92. The molecule has 4 heteroatoms. The van der Waals surface area contributed by atoms with Crippen LogP contribution < -0.4 is 5.32 Å². The van der Waals surface area contributed by atoms with E-state index in [-0.39, 0.29) is 5.91 Å². The zero-order chi connectivity index (χ0) is 16.6. The second kappa shape index (κ2) is 6.40. The number of thiophene rings is 1. The normalized spacial score (nSPS) is 17.7. The Hall–Kier alpha value is -1.13. The van der Waals surface area contributed by atoms with Gasteiger partial charge in [0.1, 0.15) is 0 Å². The van der Waals surface area contributed by atoms with Crippen LogP contribution in [0.1, 0.15) is 48.0 Å². The zero-order valence-corrected chi connectivity index (χ0v) is 16.2. The Balaban J connectivity index is 1.80. The van der Waals surface area contributed by atoms with Gasteiger partial charge in [0.05, 0.1) is 11.3 Å². The summed E-state index contributed by atoms with van der Waals surface area (Å²) in [4.78, 5) is 14.0. The molecule has 3 rings (SSSR count). The first kappa shape index (κ1) is 16.7. The molecule has 2 aromatic rings. The molecule has 1 aromatic carbocycles. The fraction of sp³-hybridized carbons (Fsp3) is 0.421. The topological polar surface area (TPSA) is 29.1 Å². The van der Waals surface area contributed by atoms with Crippen molar-refractivity contribution in [2.75, 3.05) is 5.32 Å². The number of fused-ring (bicyclic) bond motifs is 1. The molecule has 1 aliphatic carbocycles. The number of benzene rings is 1. The molecule has 0 saturated heterocycles. The summed E-state index contributed by atoms with van der Waals surface area (Å²) in [5.41, 5.74) is 3.27. The van der Waals surface area contributed by atoms with Crippen LogP contribution >= 0.6 is 27.3 Å². The Morgan fingerprint density at radius 3 is 2.74 bits per heavy atom. The number of anilines is 1. The van der Waals surface area contributed by atoms with E-state index in [4.69, 9.17) is 0 Å². The predicted molar refractivity (Wildman–Crippen MR) is 101 cm³/mol. The second-order valence-electron chi connectivity index (χ2n) is 7.29. The molecule has 2 nitrogen and oxygen atoms in total. The van der Waals surface area contributed by atoms with E-state index in [1.807, 2.05) is 29.6 Å². The third kappa shape index (κ3) is 3.53. The lowest BCUT2D eigenvalue weighted by molar-refractivity contribution is 0.102. The highest BCUT2D eigenvalue weighted by Crippen LogP contribution is 2.40. The maximum Gasteiger partial charge on any atom is 0.256 e. The van der Waals surface area contributed by atoms with Gasteiger partial charge in [0, 0.05) is 14.7 Å². The minimum absolute atomic E-state index is 0.00334. The number of rotatable bonds is 2. The lowest BCUT2D eigenvalue weighted by atomic mass is 9.72. The van der Waals surface area contributed by atoms with Crippen LogP contribution in [-0.2, 0) is 12.8 Å². The molecule has 0 aliphatic heterocycles. The summed E-state index contributed by atoms with van der Waals surface area (Å²) < 4.78 is 0.908. The van der Waals surface area contributed by atoms with Crippen LogP contribution in [0.3, 0.4) is 0 Å². The van der Waals surface area contributed by atoms with E-state index >= 15 is 0 Å². The highest BCUT2D eigenvalue weighted by molar-refractivity contribution is 9.10. The third-order valence-electron chi connectivity index (χ3n) is 4.75. The van der Waals surface area contributed by atoms with E-state index in [1.54, 1.807) is 11.3 Å². The van der Waals surface area contributed by atoms with Crippen molar-refractivity contribution in [3.8, 4) is 0 Å². The average molecular weight is 392 g/mol. The van der Waals surface area contributed by atoms with Crippen molar-refractivity contribution >= 4 is 38.9 Å². The monoisotopic (exact) mass is 391 g/mol. The van der Waals surface area contributed by atoms with Crippen molar-refractivity contribution in [3.05, 3.63) is 50.1 Å². The lowest BCUT2D eigenvalue weighted by Gasteiger charge is -2.34. The molecule has 122 valence electrons. The van der Waals surface area contributed by atoms with Crippen LogP contribution in [0.5, 0.6) is 0 Å². The van der Waals surface area contributed by atoms with E-state index in [9.17, 15) is 4.79 Å². The summed E-state index contributed by atoms with van der Waals surface area (Å²) in [5.74, 6) is 0.705. The number of hydrogen-bond acceptors (Lipinski definition) is 2. The summed E-state index contributed by atoms with van der Waals surface area (Å²) in [6.45, 7) is 6.95. The van der Waals surface area contributed by atoms with Crippen molar-refractivity contribution in [2.45, 2.75) is 40.0 Å². The molecule has 1 amide bonds. The Bertz CT molecular complexity index is 729. The van der Waals surface area contributed by atoms with Gasteiger partial charge in [-0.3, -0.25) is 4.79 Å². The molecule has 1 unspecified atom stereocenters. The quantitative estimate of drug-likeness (QED) is 0.676. The highest BCUT2D eigenvalue weighted by atomic mass is 79.9. The molecule has 0 saturated carbocycles. The van der Waals surface area contributed by atoms with Gasteiger partial charge in [0.2, 0.25) is 0 Å². The molecule has 0 fully saturated rings. The van der Waals surface area contributed by atoms with E-state index in [1.165, 1.54) is 16.9 Å². The SMILES string of the molecule is CC(C)(C)C1CCc2c(C(=O)Nc3ccccc3Br)csc2C1. The van der Waals surface area contributed by atoms with Crippen LogP contribution in [0.4, 0.5) is 5.69 Å². The molecular weight excluding hydrogens is 370 g/mol. The number of carbonyl (C=O) groups excluding carboxylic acids is 1. The maximum atomic E-state index is 12.7. The summed E-state index contributed by atoms with van der Waals surface area (Å²) in [6, 6.07) is 7.72. The van der Waals surface area contributed by atoms with E-state index in [0.29, 0.717) is 11.3 Å². The van der Waals surface area contributed by atoms with Gasteiger partial charge in [-0.05, 0) is 64.2 Å². The standard InChI is InChI=1S/C19H22BrNOS/c1-19(2,3)12-8-9-13-14(11-23-17(13)10-12)18(22)21-16-7-5-4-6-15(16)20/h4-7,11-12H,8-10H2,1-3H3,(H,21,22). The van der Waals surface area contributed by atoms with Crippen LogP contribution in [0.25, 0.3) is 0 Å². The molecule has 1 aliphatic rings. The third-order valence-corrected chi connectivity index (χ3v) is 6.49. The number of carbonyl (C=O) groups is 1. The van der Waals surface area contributed by atoms with Crippen molar-refractivity contribution in [1.82, 2.24) is 0 Å². The highest BCUT2D eigenvalue weighted by Gasteiger charge is 2.31. The van der Waals surface area contributed by atoms with Crippen LogP contribution in [0.15, 0.2) is 34.1 Å². The molecule has 1 atom stereocenters. The smallest absolute Gasteiger partial charge is 0.256 e. The Morgan fingerprint density at radius 1 is 1.30 bits per heavy atom. The lowest BCUT2D eigenvalue weighted by Crippen LogP contribution is -2.27. The number of para-hydroxylation sites is 1. The first-order chi connectivity index (χ1) is 10.9. The van der Waals surface area contributed by atoms with Gasteiger partial charge < -0.3 is 5.32 Å². The second-order valence-corrected chi connectivity index (χ2v) is 9.11. The molecule has 0 bridgehead atoms. The first-order valence-corrected chi connectivity index (χ1v) is 9.68. The predicted octanol–water partition coefficient (Wildman–Crippen LogP) is 5.91. The van der Waals surface area contributed by atoms with Crippen molar-refractivity contribution in [1.29, 1.82) is 0 Å². The molecule has 1 N–H and O–H groups in total. The Labute approximate surface area is 150 Å². The van der Waals surface area contributed by atoms with Gasteiger partial charge in [-0.1, -0.05) is 32.9 Å². The number of amides is 1. The van der Waals surface area contributed by atoms with Gasteiger partial charge in [-0.15, -0.1) is 11.3 Å². The van der Waals surface area contributed by atoms with Gasteiger partial charge in [0.25, 0.3) is 5.91 Å². The maximum absolute atomic E-state index is 12.7. The summed E-state index contributed by atoms with van der Waals surface area (Å²) in [6.07, 6.45) is 3.29. The van der Waals surface area contributed by atoms with E-state index < -0.39 is 0 Å². The number of nitrogens with one attached hydrogen (secondary N) is 1. The summed E-state index contributed by atoms with van der Waals surface area (Å²) in [5, 5.41) is 5.05. The van der Waals surface area contributed by atoms with Crippen LogP contribution in [0.2, 0.25) is 0 Å². The van der Waals surface area contributed by atoms with Crippen molar-refractivity contribution in [2.24, 2.45) is 11.3 Å². The van der Waals surface area contributed by atoms with Gasteiger partial charge in [-0.2, -0.15) is 0 Å². The van der Waals surface area contributed by atoms with Gasteiger partial charge in [-0.25, -0.2) is 0 Å². The summed E-state index contributed by atoms with van der Waals surface area (Å²) in [7, 11) is 0. The molecule has 1 aromatic heterocycles. The van der Waals surface area contributed by atoms with Crippen LogP contribution in [-0.4, -0.2) is 5.91 Å². The summed E-state index contributed by atoms with van der Waals surface area (Å²) >= 11 is 5.22. The van der Waals surface area contributed by atoms with Gasteiger partial charge >= 0.3 is 0 Å². The number of halogens is 1. The first-order valence-electron chi connectivity index (χ1n) is 8.01. The van der Waals surface area contributed by atoms with Gasteiger partial charge in [0.15, 0.2) is 0 Å². The molecule has 23 heavy (non-hydrogen) atoms. The Morgan fingerprint density at radius 2 is 2.04 bits per heavy atom. The van der Waals surface area contributed by atoms with E-state index in [2.05, 4.69) is 42.0 Å². The molecule has 0 radical (unpaired) electrons. The fourth-order valence-electron chi connectivity index (χ4n) is 3.19. The minimum Gasteiger partial charge on any atom is -0.321 e.